The fourth-order valence-electron chi connectivity index (χ4n) is 3.38. The van der Waals surface area contributed by atoms with Crippen LogP contribution in [0.1, 0.15) is 40.0 Å². The second-order valence-electron chi connectivity index (χ2n) is 8.49. The first-order valence-electron chi connectivity index (χ1n) is 9.38. The lowest BCUT2D eigenvalue weighted by molar-refractivity contribution is -0.0601. The average molecular weight is 422 g/mol. The Morgan fingerprint density at radius 3 is 2.48 bits per heavy atom. The summed E-state index contributed by atoms with van der Waals surface area (Å²) in [5, 5.41) is 0. The molecular weight excluding hydrogens is 386 g/mol. The van der Waals surface area contributed by atoms with Crippen LogP contribution in [0.3, 0.4) is 0 Å². The minimum absolute atomic E-state index is 0.00384. The van der Waals surface area contributed by atoms with E-state index in [9.17, 15) is 13.2 Å². The van der Waals surface area contributed by atoms with Gasteiger partial charge in [-0.3, -0.25) is 9.08 Å². The van der Waals surface area contributed by atoms with E-state index >= 15 is 0 Å². The maximum Gasteiger partial charge on any atom is 0.412 e. The van der Waals surface area contributed by atoms with Gasteiger partial charge in [0.2, 0.25) is 0 Å². The molecule has 0 N–H and O–H groups in total. The lowest BCUT2D eigenvalue weighted by atomic mass is 9.78. The molecule has 1 saturated heterocycles. The highest BCUT2D eigenvalue weighted by Gasteiger charge is 2.52. The summed E-state index contributed by atoms with van der Waals surface area (Å²) in [7, 11) is -4.98. The van der Waals surface area contributed by atoms with Crippen molar-refractivity contribution in [3.63, 3.8) is 0 Å². The van der Waals surface area contributed by atoms with E-state index in [4.69, 9.17) is 13.3 Å². The molecule has 0 spiro atoms. The molecule has 1 aliphatic heterocycles. The number of hydrogen-bond donors (Lipinski definition) is 0. The van der Waals surface area contributed by atoms with Gasteiger partial charge >= 0.3 is 6.09 Å². The molecule has 0 aromatic rings. The van der Waals surface area contributed by atoms with Crippen molar-refractivity contribution in [2.45, 2.75) is 58.9 Å². The monoisotopic (exact) mass is 421 g/mol. The molecule has 1 heterocycles. The van der Waals surface area contributed by atoms with Crippen molar-refractivity contribution in [2.24, 2.45) is 11.3 Å². The number of carbonyl (C=O) groups excluding carboxylic acids is 1. The normalized spacial score (nSPS) is 23.7. The Labute approximate surface area is 165 Å². The molecule has 0 aliphatic carbocycles. The quantitative estimate of drug-likeness (QED) is 0.246. The molecular formula is C18H35NO6SSi. The van der Waals surface area contributed by atoms with Crippen molar-refractivity contribution in [3.8, 4) is 0 Å². The molecule has 1 rings (SSSR count). The van der Waals surface area contributed by atoms with E-state index in [0.29, 0.717) is 25.8 Å². The largest absolute Gasteiger partial charge is 0.445 e. The number of amides is 1. The number of ether oxygens (including phenoxy) is 1. The van der Waals surface area contributed by atoms with Crippen LogP contribution in [-0.2, 0) is 23.5 Å². The van der Waals surface area contributed by atoms with E-state index in [1.165, 1.54) is 6.08 Å². The molecule has 0 radical (unpaired) electrons. The molecule has 158 valence electrons. The van der Waals surface area contributed by atoms with Crippen LogP contribution in [0.25, 0.3) is 0 Å². The second-order valence-corrected chi connectivity index (χ2v) is 12.5. The van der Waals surface area contributed by atoms with Crippen molar-refractivity contribution in [3.05, 3.63) is 12.7 Å². The van der Waals surface area contributed by atoms with E-state index in [0.717, 1.165) is 6.26 Å². The highest BCUT2D eigenvalue weighted by atomic mass is 32.2. The zero-order valence-corrected chi connectivity index (χ0v) is 19.5. The third kappa shape index (κ3) is 7.55. The topological polar surface area (TPSA) is 82.1 Å². The Hall–Kier alpha value is -0.903. The van der Waals surface area contributed by atoms with Gasteiger partial charge in [-0.2, -0.15) is 8.42 Å². The summed E-state index contributed by atoms with van der Waals surface area (Å²) in [6.07, 6.45) is 3.82. The van der Waals surface area contributed by atoms with E-state index in [1.807, 2.05) is 0 Å². The van der Waals surface area contributed by atoms with Crippen LogP contribution < -0.4 is 0 Å². The van der Waals surface area contributed by atoms with Crippen molar-refractivity contribution < 1.29 is 26.6 Å². The third-order valence-electron chi connectivity index (χ3n) is 4.69. The van der Waals surface area contributed by atoms with Crippen LogP contribution in [0.2, 0.25) is 13.1 Å². The van der Waals surface area contributed by atoms with E-state index < -0.39 is 31.0 Å². The number of carbonyl (C=O) groups is 1. The average Bonchev–Trinajstić information content (AvgIpc) is 2.87. The number of nitrogens with zero attached hydrogens (tertiary/aromatic N) is 1. The predicted molar refractivity (Wildman–Crippen MR) is 109 cm³/mol. The van der Waals surface area contributed by atoms with Gasteiger partial charge < -0.3 is 9.16 Å². The maximum atomic E-state index is 12.7. The molecule has 9 heteroatoms. The molecule has 0 saturated carbocycles. The van der Waals surface area contributed by atoms with Crippen LogP contribution in [0.15, 0.2) is 12.7 Å². The van der Waals surface area contributed by atoms with Gasteiger partial charge in [-0.1, -0.05) is 33.4 Å². The summed E-state index contributed by atoms with van der Waals surface area (Å²) in [5.74, 6) is 0.248. The standard InChI is InChI=1S/C18H35NO6SSi/c1-8-11-23-16(20)19-14-15(17(2,3)4)13-18(19,25-27(6)7)10-9-12-24-26(5,21)22/h8,15,27H,1,9-14H2,2-7H3/t15-,18+/m0/s1. The summed E-state index contributed by atoms with van der Waals surface area (Å²) < 4.78 is 39.0. The summed E-state index contributed by atoms with van der Waals surface area (Å²) in [5.41, 5.74) is -0.776. The first-order valence-corrected chi connectivity index (χ1v) is 14.0. The number of likely N-dealkylation sites (tertiary alicyclic amines) is 1. The Balaban J connectivity index is 3.06. The van der Waals surface area contributed by atoms with Crippen molar-refractivity contribution in [1.29, 1.82) is 0 Å². The minimum Gasteiger partial charge on any atom is -0.445 e. The summed E-state index contributed by atoms with van der Waals surface area (Å²) in [6, 6.07) is 0. The lowest BCUT2D eigenvalue weighted by Crippen LogP contribution is -2.51. The van der Waals surface area contributed by atoms with E-state index in [1.54, 1.807) is 4.90 Å². The Morgan fingerprint density at radius 1 is 1.37 bits per heavy atom. The van der Waals surface area contributed by atoms with Gasteiger partial charge in [0, 0.05) is 6.54 Å². The first-order chi connectivity index (χ1) is 12.3. The summed E-state index contributed by atoms with van der Waals surface area (Å²) in [6.45, 7) is 14.9. The smallest absolute Gasteiger partial charge is 0.412 e. The van der Waals surface area contributed by atoms with Gasteiger partial charge in [0.25, 0.3) is 10.1 Å². The van der Waals surface area contributed by atoms with Crippen LogP contribution in [-0.4, -0.2) is 60.2 Å². The lowest BCUT2D eigenvalue weighted by Gasteiger charge is -2.39. The predicted octanol–water partition coefficient (Wildman–Crippen LogP) is 3.13. The van der Waals surface area contributed by atoms with Crippen molar-refractivity contribution in [1.82, 2.24) is 4.90 Å². The Kier molecular flexibility index (Phi) is 8.52. The molecule has 2 atom stereocenters. The van der Waals surface area contributed by atoms with Crippen LogP contribution >= 0.6 is 0 Å². The van der Waals surface area contributed by atoms with Crippen LogP contribution in [0, 0.1) is 11.3 Å². The van der Waals surface area contributed by atoms with Gasteiger partial charge in [0.15, 0.2) is 9.04 Å². The molecule has 0 aromatic heterocycles. The van der Waals surface area contributed by atoms with Crippen LogP contribution in [0.4, 0.5) is 4.79 Å². The van der Waals surface area contributed by atoms with Gasteiger partial charge in [-0.25, -0.2) is 4.79 Å². The fraction of sp³-hybridized carbons (Fsp3) is 0.833. The Bertz CT molecular complexity index is 616. The highest BCUT2D eigenvalue weighted by Crippen LogP contribution is 2.45. The molecule has 0 aromatic carbocycles. The zero-order chi connectivity index (χ0) is 20.9. The minimum atomic E-state index is -3.49. The molecule has 1 fully saturated rings. The van der Waals surface area contributed by atoms with Gasteiger partial charge in [0.05, 0.1) is 12.9 Å². The number of rotatable bonds is 9. The van der Waals surface area contributed by atoms with E-state index in [-0.39, 0.29) is 24.5 Å². The molecule has 7 nitrogen and oxygen atoms in total. The SMILES string of the molecule is C=CCOC(=O)N1C[C@@H](C(C)(C)C)C[C@@]1(CCCOS(C)(=O)=O)O[SiH](C)C. The molecule has 27 heavy (non-hydrogen) atoms. The molecule has 1 amide bonds. The summed E-state index contributed by atoms with van der Waals surface area (Å²) in [4.78, 5) is 14.4. The zero-order valence-electron chi connectivity index (χ0n) is 17.5. The molecule has 1 aliphatic rings. The fourth-order valence-corrected chi connectivity index (χ4v) is 5.02. The summed E-state index contributed by atoms with van der Waals surface area (Å²) >= 11 is 0. The van der Waals surface area contributed by atoms with E-state index in [2.05, 4.69) is 40.4 Å². The van der Waals surface area contributed by atoms with Crippen molar-refractivity contribution >= 4 is 25.3 Å². The highest BCUT2D eigenvalue weighted by molar-refractivity contribution is 7.85. The van der Waals surface area contributed by atoms with Gasteiger partial charge in [-0.05, 0) is 43.7 Å². The van der Waals surface area contributed by atoms with Crippen molar-refractivity contribution in [2.75, 3.05) is 26.0 Å². The second kappa shape index (κ2) is 9.53. The Morgan fingerprint density at radius 2 is 2.00 bits per heavy atom. The van der Waals surface area contributed by atoms with Gasteiger partial charge in [-0.15, -0.1) is 0 Å². The van der Waals surface area contributed by atoms with Gasteiger partial charge in [0.1, 0.15) is 12.3 Å². The third-order valence-corrected chi connectivity index (χ3v) is 6.20. The first kappa shape index (κ1) is 24.1. The molecule has 0 unspecified atom stereocenters. The maximum absolute atomic E-state index is 12.7. The van der Waals surface area contributed by atoms with Crippen LogP contribution in [0.5, 0.6) is 0 Å². The number of hydrogen-bond acceptors (Lipinski definition) is 6. The molecule has 0 bridgehead atoms.